The average Bonchev–Trinajstić information content (AvgIpc) is 3.03. The topological polar surface area (TPSA) is 72.5 Å². The van der Waals surface area contributed by atoms with Crippen molar-refractivity contribution in [3.05, 3.63) is 69.5 Å². The molecule has 0 spiro atoms. The van der Waals surface area contributed by atoms with Crippen LogP contribution in [0, 0.1) is 5.82 Å². The molecule has 216 valence electrons. The maximum atomic E-state index is 14.4. The van der Waals surface area contributed by atoms with E-state index in [1.807, 2.05) is 0 Å². The molecule has 1 aliphatic rings. The normalized spacial score (nSPS) is 21.0. The summed E-state index contributed by atoms with van der Waals surface area (Å²) in [6.07, 6.45) is 2.30. The van der Waals surface area contributed by atoms with E-state index in [-0.39, 0.29) is 53.4 Å². The number of benzene rings is 2. The van der Waals surface area contributed by atoms with Gasteiger partial charge in [0.15, 0.2) is 5.78 Å². The van der Waals surface area contributed by atoms with Gasteiger partial charge in [-0.25, -0.2) is 4.39 Å². The number of alkyl halides is 6. The molecule has 0 amide bonds. The molecule has 0 radical (unpaired) electrons. The molecule has 39 heavy (non-hydrogen) atoms. The van der Waals surface area contributed by atoms with Gasteiger partial charge in [0, 0.05) is 28.1 Å². The lowest BCUT2D eigenvalue weighted by Crippen LogP contribution is -2.42. The van der Waals surface area contributed by atoms with Gasteiger partial charge in [-0.2, -0.15) is 8.42 Å². The zero-order valence-electron chi connectivity index (χ0n) is 20.6. The maximum Gasteiger partial charge on any atom is 0.264 e. The summed E-state index contributed by atoms with van der Waals surface area (Å²) in [6, 6.07) is 8.35. The van der Waals surface area contributed by atoms with E-state index in [1.54, 1.807) is 12.1 Å². The lowest BCUT2D eigenvalue weighted by molar-refractivity contribution is -0.120. The molecular formula is C25H25Cl7FNO4S. The van der Waals surface area contributed by atoms with E-state index in [4.69, 9.17) is 85.4 Å². The number of carbonyl (C=O) groups is 1. The largest absolute Gasteiger partial charge is 0.307 e. The number of carbonyl (C=O) groups excluding carboxylic acids is 1. The number of nitrogens with one attached hydrogen (secondary N) is 1. The highest BCUT2D eigenvalue weighted by Gasteiger charge is 2.41. The number of halogens is 8. The Balaban J connectivity index is 2.07. The molecule has 3 rings (SSSR count). The second-order valence-electron chi connectivity index (χ2n) is 9.47. The average molecular weight is 703 g/mol. The first kappa shape index (κ1) is 33.4. The third-order valence-electron chi connectivity index (χ3n) is 6.74. The quantitative estimate of drug-likeness (QED) is 0.226. The van der Waals surface area contributed by atoms with Gasteiger partial charge in [0.05, 0.1) is 18.9 Å². The third-order valence-corrected chi connectivity index (χ3v) is 8.91. The van der Waals surface area contributed by atoms with E-state index in [2.05, 4.69) is 5.32 Å². The van der Waals surface area contributed by atoms with Crippen molar-refractivity contribution in [2.24, 2.45) is 0 Å². The summed E-state index contributed by atoms with van der Waals surface area (Å²) in [6.45, 7) is 0.327. The lowest BCUT2D eigenvalue weighted by Gasteiger charge is -2.36. The molecule has 0 saturated carbocycles. The predicted molar refractivity (Wildman–Crippen MR) is 158 cm³/mol. The van der Waals surface area contributed by atoms with Crippen LogP contribution in [0.1, 0.15) is 47.9 Å². The van der Waals surface area contributed by atoms with E-state index in [0.717, 1.165) is 6.26 Å². The molecule has 0 aromatic heterocycles. The molecule has 1 N–H and O–H groups in total. The monoisotopic (exact) mass is 699 g/mol. The van der Waals surface area contributed by atoms with E-state index in [0.29, 0.717) is 24.9 Å². The fourth-order valence-electron chi connectivity index (χ4n) is 4.87. The minimum atomic E-state index is -3.74. The highest BCUT2D eigenvalue weighted by molar-refractivity contribution is 7.85. The minimum Gasteiger partial charge on any atom is -0.307 e. The van der Waals surface area contributed by atoms with Crippen molar-refractivity contribution in [2.75, 3.05) is 19.4 Å². The first-order valence-electron chi connectivity index (χ1n) is 11.8. The minimum absolute atomic E-state index is 0.103. The molecular weight excluding hydrogens is 678 g/mol. The Labute approximate surface area is 262 Å². The zero-order valence-corrected chi connectivity index (χ0v) is 26.7. The van der Waals surface area contributed by atoms with Crippen molar-refractivity contribution in [1.29, 1.82) is 0 Å². The number of rotatable bonds is 8. The van der Waals surface area contributed by atoms with Crippen LogP contribution in [-0.2, 0) is 38.5 Å². The smallest absolute Gasteiger partial charge is 0.264 e. The van der Waals surface area contributed by atoms with Crippen LogP contribution >= 0.6 is 81.2 Å². The molecule has 2 aromatic rings. The van der Waals surface area contributed by atoms with Gasteiger partial charge in [-0.05, 0) is 55.3 Å². The van der Waals surface area contributed by atoms with Gasteiger partial charge in [-0.3, -0.25) is 8.98 Å². The molecule has 0 aliphatic carbocycles. The van der Waals surface area contributed by atoms with Crippen LogP contribution in [0.15, 0.2) is 36.4 Å². The highest BCUT2D eigenvalue weighted by atomic mass is 35.6. The van der Waals surface area contributed by atoms with E-state index in [9.17, 15) is 17.6 Å². The number of Topliss-reactive ketones (excluding diaryl/α,β-unsaturated/α-hetero) is 1. The Morgan fingerprint density at radius 1 is 1.10 bits per heavy atom. The number of ketones is 1. The van der Waals surface area contributed by atoms with Crippen molar-refractivity contribution in [3.8, 4) is 0 Å². The van der Waals surface area contributed by atoms with Crippen LogP contribution in [-0.4, -0.2) is 39.7 Å². The van der Waals surface area contributed by atoms with Gasteiger partial charge < -0.3 is 5.32 Å². The van der Waals surface area contributed by atoms with Gasteiger partial charge >= 0.3 is 0 Å². The molecule has 1 heterocycles. The first-order valence-corrected chi connectivity index (χ1v) is 16.2. The molecule has 2 aromatic carbocycles. The Morgan fingerprint density at radius 3 is 2.36 bits per heavy atom. The van der Waals surface area contributed by atoms with Crippen molar-refractivity contribution in [1.82, 2.24) is 5.32 Å². The summed E-state index contributed by atoms with van der Waals surface area (Å²) in [5.41, 5.74) is 0.222. The van der Waals surface area contributed by atoms with Gasteiger partial charge in [0.1, 0.15) is 5.82 Å². The SMILES string of the molecule is CS(=O)(=O)OCCC1(c2ccc(C(Cl)(Cl)Cl)c(C(Cl)(Cl)Cl)c2)CCCNC(C(=O)Cc2c(F)cccc2Cl)C1. The second-order valence-corrected chi connectivity index (χ2v) is 16.1. The van der Waals surface area contributed by atoms with Crippen LogP contribution in [0.25, 0.3) is 0 Å². The van der Waals surface area contributed by atoms with Crippen LogP contribution in [0.3, 0.4) is 0 Å². The van der Waals surface area contributed by atoms with Crippen LogP contribution in [0.5, 0.6) is 0 Å². The highest BCUT2D eigenvalue weighted by Crippen LogP contribution is 2.50. The van der Waals surface area contributed by atoms with Gasteiger partial charge in [-0.1, -0.05) is 105 Å². The Kier molecular flexibility index (Phi) is 11.2. The summed E-state index contributed by atoms with van der Waals surface area (Å²) < 4.78 is 39.1. The summed E-state index contributed by atoms with van der Waals surface area (Å²) in [5.74, 6) is -0.858. The fourth-order valence-corrected chi connectivity index (χ4v) is 6.45. The summed E-state index contributed by atoms with van der Waals surface area (Å²) in [4.78, 5) is 13.5. The molecule has 2 unspecified atom stereocenters. The van der Waals surface area contributed by atoms with Gasteiger partial charge in [0.25, 0.3) is 10.1 Å². The second kappa shape index (κ2) is 13.1. The van der Waals surface area contributed by atoms with Crippen LogP contribution in [0.2, 0.25) is 5.02 Å². The molecule has 2 atom stereocenters. The zero-order chi connectivity index (χ0) is 29.2. The lowest BCUT2D eigenvalue weighted by atomic mass is 9.69. The molecule has 0 bridgehead atoms. The third kappa shape index (κ3) is 8.96. The predicted octanol–water partition coefficient (Wildman–Crippen LogP) is 7.69. The molecule has 1 aliphatic heterocycles. The van der Waals surface area contributed by atoms with E-state index >= 15 is 0 Å². The summed E-state index contributed by atoms with van der Waals surface area (Å²) >= 11 is 43.4. The van der Waals surface area contributed by atoms with Crippen molar-refractivity contribution in [3.63, 3.8) is 0 Å². The van der Waals surface area contributed by atoms with Crippen molar-refractivity contribution >= 4 is 97.1 Å². The van der Waals surface area contributed by atoms with Crippen LogP contribution < -0.4 is 5.32 Å². The number of hydrogen-bond donors (Lipinski definition) is 1. The summed E-state index contributed by atoms with van der Waals surface area (Å²) in [5, 5.41) is 3.39. The standard InChI is InChI=1S/C25H25Cl7FNO4S/c1-39(36,37)38-11-9-23(15-6-7-17(24(27,28)29)18(12-15)25(30,31)32)8-3-10-34-21(14-23)22(35)13-16-19(26)4-2-5-20(16)33/h2,4-7,12,21,34H,3,8-11,13-14H2,1H3. The van der Waals surface area contributed by atoms with Crippen LogP contribution in [0.4, 0.5) is 4.39 Å². The molecule has 5 nitrogen and oxygen atoms in total. The van der Waals surface area contributed by atoms with Gasteiger partial charge in [-0.15, -0.1) is 0 Å². The summed E-state index contributed by atoms with van der Waals surface area (Å²) in [7, 11) is -3.74. The maximum absolute atomic E-state index is 14.4. The van der Waals surface area contributed by atoms with Gasteiger partial charge in [0.2, 0.25) is 7.59 Å². The Morgan fingerprint density at radius 2 is 1.77 bits per heavy atom. The molecule has 14 heteroatoms. The fraction of sp³-hybridized carbons (Fsp3) is 0.480. The molecule has 1 saturated heterocycles. The Bertz CT molecular complexity index is 1290. The van der Waals surface area contributed by atoms with E-state index < -0.39 is 35.0 Å². The molecule has 1 fully saturated rings. The number of hydrogen-bond acceptors (Lipinski definition) is 5. The first-order chi connectivity index (χ1) is 17.9. The van der Waals surface area contributed by atoms with Crippen molar-refractivity contribution < 1.29 is 21.8 Å². The van der Waals surface area contributed by atoms with E-state index in [1.165, 1.54) is 24.3 Å². The Hall–Kier alpha value is -0.0600. The van der Waals surface area contributed by atoms with Crippen molar-refractivity contribution in [2.45, 2.75) is 51.1 Å².